The maximum absolute atomic E-state index is 11.8. The number of amides is 1. The second-order valence-corrected chi connectivity index (χ2v) is 6.27. The van der Waals surface area contributed by atoms with Crippen molar-refractivity contribution in [1.82, 2.24) is 9.69 Å². The maximum Gasteiger partial charge on any atom is 0.257 e. The highest BCUT2D eigenvalue weighted by atomic mass is 32.1. The van der Waals surface area contributed by atoms with Crippen molar-refractivity contribution < 1.29 is 4.79 Å². The number of nitrogen functional groups attached to an aromatic ring is 1. The third-order valence-corrected chi connectivity index (χ3v) is 4.71. The molecule has 1 fully saturated rings. The zero-order valence-corrected chi connectivity index (χ0v) is 12.5. The number of nitrogens with one attached hydrogen (secondary N) is 2. The van der Waals surface area contributed by atoms with Crippen molar-refractivity contribution in [3.05, 3.63) is 5.56 Å². The number of carbonyl (C=O) groups is 1. The van der Waals surface area contributed by atoms with E-state index in [1.807, 2.05) is 0 Å². The van der Waals surface area contributed by atoms with Gasteiger partial charge in [-0.2, -0.15) is 4.37 Å². The molecule has 1 aromatic heterocycles. The van der Waals surface area contributed by atoms with Crippen molar-refractivity contribution in [2.75, 3.05) is 18.1 Å². The number of hydrogen-bond donors (Lipinski definition) is 3. The first-order valence-corrected chi connectivity index (χ1v) is 7.54. The molecule has 2 rings (SSSR count). The smallest absolute Gasteiger partial charge is 0.257 e. The predicted octanol–water partition coefficient (Wildman–Crippen LogP) is 2.32. The van der Waals surface area contributed by atoms with Gasteiger partial charge in [0.05, 0.1) is 0 Å². The Balaban J connectivity index is 2.13. The molecule has 0 radical (unpaired) electrons. The largest absolute Gasteiger partial charge is 0.382 e. The van der Waals surface area contributed by atoms with Gasteiger partial charge >= 0.3 is 0 Å². The second kappa shape index (κ2) is 5.77. The van der Waals surface area contributed by atoms with E-state index in [-0.39, 0.29) is 5.91 Å². The molecule has 6 heteroatoms. The number of anilines is 2. The zero-order chi connectivity index (χ0) is 14.0. The molecule has 0 aromatic carbocycles. The van der Waals surface area contributed by atoms with Gasteiger partial charge in [-0.15, -0.1) is 0 Å². The Kier molecular flexibility index (Phi) is 4.29. The van der Waals surface area contributed by atoms with Crippen LogP contribution in [0.25, 0.3) is 0 Å². The molecule has 1 aliphatic rings. The van der Waals surface area contributed by atoms with Gasteiger partial charge < -0.3 is 16.4 Å². The third kappa shape index (κ3) is 3.00. The van der Waals surface area contributed by atoms with E-state index >= 15 is 0 Å². The summed E-state index contributed by atoms with van der Waals surface area (Å²) in [6.07, 6.45) is 3.58. The summed E-state index contributed by atoms with van der Waals surface area (Å²) < 4.78 is 4.09. The highest BCUT2D eigenvalue weighted by Crippen LogP contribution is 2.34. The third-order valence-electron chi connectivity index (χ3n) is 3.92. The number of aromatic nitrogens is 1. The minimum Gasteiger partial charge on any atom is -0.382 e. The number of nitrogens with zero attached hydrogens (tertiary/aromatic N) is 1. The fourth-order valence-electron chi connectivity index (χ4n) is 2.79. The van der Waals surface area contributed by atoms with Crippen LogP contribution in [0.3, 0.4) is 0 Å². The Morgan fingerprint density at radius 2 is 2.16 bits per heavy atom. The Hall–Kier alpha value is -1.30. The monoisotopic (exact) mass is 282 g/mol. The van der Waals surface area contributed by atoms with Crippen LogP contribution in [0.5, 0.6) is 0 Å². The summed E-state index contributed by atoms with van der Waals surface area (Å²) in [5, 5.41) is 6.88. The summed E-state index contributed by atoms with van der Waals surface area (Å²) in [7, 11) is 1.61. The number of nitrogens with two attached hydrogens (primary N) is 1. The Bertz CT molecular complexity index is 459. The lowest BCUT2D eigenvalue weighted by molar-refractivity contribution is 0.0965. The maximum atomic E-state index is 11.8. The van der Waals surface area contributed by atoms with Gasteiger partial charge in [0.15, 0.2) is 5.82 Å². The molecule has 4 N–H and O–H groups in total. The molecule has 1 heterocycles. The quantitative estimate of drug-likeness (QED) is 0.795. The Morgan fingerprint density at radius 3 is 2.79 bits per heavy atom. The lowest BCUT2D eigenvalue weighted by Crippen LogP contribution is -2.33. The first-order chi connectivity index (χ1) is 9.02. The Labute approximate surface area is 118 Å². The summed E-state index contributed by atoms with van der Waals surface area (Å²) in [5.41, 5.74) is 6.26. The summed E-state index contributed by atoms with van der Waals surface area (Å²) >= 11 is 1.27. The number of hydrogen-bond acceptors (Lipinski definition) is 5. The van der Waals surface area contributed by atoms with Gasteiger partial charge in [-0.05, 0) is 42.6 Å². The highest BCUT2D eigenvalue weighted by Gasteiger charge is 2.27. The van der Waals surface area contributed by atoms with Crippen LogP contribution >= 0.6 is 11.5 Å². The van der Waals surface area contributed by atoms with Crippen molar-refractivity contribution in [1.29, 1.82) is 0 Å². The van der Waals surface area contributed by atoms with Gasteiger partial charge in [0.1, 0.15) is 10.6 Å². The average Bonchev–Trinajstić information content (AvgIpc) is 2.73. The molecule has 5 nitrogen and oxygen atoms in total. The summed E-state index contributed by atoms with van der Waals surface area (Å²) in [6.45, 7) is 4.56. The van der Waals surface area contributed by atoms with Gasteiger partial charge in [0.2, 0.25) is 0 Å². The molecule has 0 aliphatic heterocycles. The van der Waals surface area contributed by atoms with Crippen molar-refractivity contribution in [2.45, 2.75) is 39.2 Å². The standard InChI is InChI=1S/C13H22N4OS/c1-7-4-5-9(8(2)6-7)16-13-10(12(18)15-3)11(14)17-19-13/h7-9,16H,4-6H2,1-3H3,(H2,14,17)(H,15,18). The van der Waals surface area contributed by atoms with Gasteiger partial charge in [0, 0.05) is 13.1 Å². The van der Waals surface area contributed by atoms with E-state index in [1.54, 1.807) is 7.05 Å². The van der Waals surface area contributed by atoms with E-state index < -0.39 is 0 Å². The summed E-state index contributed by atoms with van der Waals surface area (Å²) in [4.78, 5) is 11.8. The van der Waals surface area contributed by atoms with E-state index in [4.69, 9.17) is 5.73 Å². The summed E-state index contributed by atoms with van der Waals surface area (Å²) in [5.74, 6) is 1.52. The molecule has 19 heavy (non-hydrogen) atoms. The van der Waals surface area contributed by atoms with Crippen LogP contribution in [0.15, 0.2) is 0 Å². The molecule has 1 aromatic rings. The van der Waals surface area contributed by atoms with Gasteiger partial charge in [0.25, 0.3) is 5.91 Å². The Morgan fingerprint density at radius 1 is 1.42 bits per heavy atom. The van der Waals surface area contributed by atoms with E-state index in [0.717, 1.165) is 17.3 Å². The van der Waals surface area contributed by atoms with Crippen LogP contribution in [0, 0.1) is 11.8 Å². The van der Waals surface area contributed by atoms with Gasteiger partial charge in [-0.1, -0.05) is 13.8 Å². The normalized spacial score (nSPS) is 27.0. The fraction of sp³-hybridized carbons (Fsp3) is 0.692. The average molecular weight is 282 g/mol. The molecular formula is C13H22N4OS. The molecule has 106 valence electrons. The van der Waals surface area contributed by atoms with Crippen LogP contribution in [0.2, 0.25) is 0 Å². The van der Waals surface area contributed by atoms with E-state index in [2.05, 4.69) is 28.9 Å². The zero-order valence-electron chi connectivity index (χ0n) is 11.7. The van der Waals surface area contributed by atoms with Gasteiger partial charge in [-0.3, -0.25) is 4.79 Å². The van der Waals surface area contributed by atoms with Crippen LogP contribution in [0.1, 0.15) is 43.5 Å². The lowest BCUT2D eigenvalue weighted by Gasteiger charge is -2.33. The molecule has 1 saturated carbocycles. The van der Waals surface area contributed by atoms with Crippen molar-refractivity contribution in [3.8, 4) is 0 Å². The minimum atomic E-state index is -0.175. The van der Waals surface area contributed by atoms with Crippen LogP contribution < -0.4 is 16.4 Å². The molecule has 1 aliphatic carbocycles. The molecule has 3 atom stereocenters. The number of carbonyl (C=O) groups excluding carboxylic acids is 1. The lowest BCUT2D eigenvalue weighted by atomic mass is 9.80. The topological polar surface area (TPSA) is 80.0 Å². The fourth-order valence-corrected chi connectivity index (χ4v) is 3.57. The van der Waals surface area contributed by atoms with Crippen molar-refractivity contribution in [2.24, 2.45) is 11.8 Å². The van der Waals surface area contributed by atoms with E-state index in [9.17, 15) is 4.79 Å². The first kappa shape index (κ1) is 14.1. The van der Waals surface area contributed by atoms with Crippen LogP contribution in [-0.2, 0) is 0 Å². The molecule has 0 spiro atoms. The second-order valence-electron chi connectivity index (χ2n) is 5.50. The van der Waals surface area contributed by atoms with Crippen LogP contribution in [-0.4, -0.2) is 23.4 Å². The van der Waals surface area contributed by atoms with Crippen molar-refractivity contribution >= 4 is 28.3 Å². The van der Waals surface area contributed by atoms with Crippen LogP contribution in [0.4, 0.5) is 10.8 Å². The molecule has 0 bridgehead atoms. The minimum absolute atomic E-state index is 0.175. The predicted molar refractivity (Wildman–Crippen MR) is 79.5 cm³/mol. The SMILES string of the molecule is CNC(=O)c1c(N)nsc1NC1CCC(C)CC1C. The van der Waals surface area contributed by atoms with Gasteiger partial charge in [-0.25, -0.2) is 0 Å². The highest BCUT2D eigenvalue weighted by molar-refractivity contribution is 7.11. The van der Waals surface area contributed by atoms with Crippen molar-refractivity contribution in [3.63, 3.8) is 0 Å². The molecule has 0 saturated heterocycles. The van der Waals surface area contributed by atoms with E-state index in [0.29, 0.717) is 23.3 Å². The number of rotatable bonds is 3. The molecule has 1 amide bonds. The first-order valence-electron chi connectivity index (χ1n) is 6.76. The van der Waals surface area contributed by atoms with E-state index in [1.165, 1.54) is 24.4 Å². The molecule has 3 unspecified atom stereocenters. The molecular weight excluding hydrogens is 260 g/mol. The summed E-state index contributed by atoms with van der Waals surface area (Å²) in [6, 6.07) is 0.402.